The van der Waals surface area contributed by atoms with Gasteiger partial charge in [-0.2, -0.15) is 5.10 Å². The number of hydrogen-bond acceptors (Lipinski definition) is 5. The Hall–Kier alpha value is -3.19. The number of esters is 1. The van der Waals surface area contributed by atoms with E-state index in [4.69, 9.17) is 4.74 Å². The molecule has 6 nitrogen and oxygen atoms in total. The van der Waals surface area contributed by atoms with Gasteiger partial charge in [-0.25, -0.2) is 10.2 Å². The van der Waals surface area contributed by atoms with Gasteiger partial charge in [0.15, 0.2) is 0 Å². The van der Waals surface area contributed by atoms with Gasteiger partial charge in [0.1, 0.15) is 5.00 Å². The number of thiophene rings is 1. The predicted molar refractivity (Wildman–Crippen MR) is 127 cm³/mol. The van der Waals surface area contributed by atoms with Gasteiger partial charge in [0.2, 0.25) is 0 Å². The largest absolute Gasteiger partial charge is 0.462 e. The maximum atomic E-state index is 12.9. The molecule has 0 fully saturated rings. The van der Waals surface area contributed by atoms with Crippen molar-refractivity contribution in [3.8, 4) is 5.00 Å². The molecule has 1 aromatic carbocycles. The van der Waals surface area contributed by atoms with E-state index in [9.17, 15) is 9.59 Å². The first kappa shape index (κ1) is 22.0. The molecular weight excluding hydrogens is 422 g/mol. The number of aromatic nitrogens is 1. The molecule has 1 aliphatic carbocycles. The first-order chi connectivity index (χ1) is 15.5. The number of hydrazone groups is 1. The van der Waals surface area contributed by atoms with Gasteiger partial charge < -0.3 is 9.30 Å². The van der Waals surface area contributed by atoms with E-state index in [1.807, 2.05) is 45.0 Å². The Kier molecular flexibility index (Phi) is 6.55. The number of hydrogen-bond donors (Lipinski definition) is 1. The smallest absolute Gasteiger partial charge is 0.341 e. The molecule has 0 atom stereocenters. The summed E-state index contributed by atoms with van der Waals surface area (Å²) in [5.74, 6) is -0.508. The first-order valence-electron chi connectivity index (χ1n) is 10.9. The number of fused-ring (bicyclic) bond motifs is 1. The molecule has 32 heavy (non-hydrogen) atoms. The van der Waals surface area contributed by atoms with Crippen molar-refractivity contribution < 1.29 is 14.3 Å². The molecule has 0 saturated carbocycles. The van der Waals surface area contributed by atoms with Crippen molar-refractivity contribution in [2.75, 3.05) is 6.61 Å². The fourth-order valence-corrected chi connectivity index (χ4v) is 5.66. The maximum Gasteiger partial charge on any atom is 0.341 e. The molecule has 0 unspecified atom stereocenters. The third kappa shape index (κ3) is 4.25. The van der Waals surface area contributed by atoms with Gasteiger partial charge >= 0.3 is 5.97 Å². The lowest BCUT2D eigenvalue weighted by Crippen LogP contribution is -2.17. The van der Waals surface area contributed by atoms with Crippen molar-refractivity contribution >= 4 is 29.4 Å². The van der Waals surface area contributed by atoms with Crippen molar-refractivity contribution in [1.29, 1.82) is 0 Å². The van der Waals surface area contributed by atoms with Gasteiger partial charge in [-0.3, -0.25) is 4.79 Å². The minimum Gasteiger partial charge on any atom is -0.462 e. The SMILES string of the molecule is CCOC(=O)c1c(-n2c(C)cc(/C=N/NC(=O)c3ccccc3)c2C)sc2c1CCCC2. The normalized spacial score (nSPS) is 13.2. The van der Waals surface area contributed by atoms with Crippen LogP contribution in [0.15, 0.2) is 41.5 Å². The van der Waals surface area contributed by atoms with Crippen LogP contribution in [0.2, 0.25) is 0 Å². The van der Waals surface area contributed by atoms with E-state index in [1.165, 1.54) is 4.88 Å². The number of nitrogens with zero attached hydrogens (tertiary/aromatic N) is 2. The zero-order valence-electron chi connectivity index (χ0n) is 18.6. The highest BCUT2D eigenvalue weighted by Crippen LogP contribution is 2.39. The molecule has 1 amide bonds. The third-order valence-corrected chi connectivity index (χ3v) is 6.99. The monoisotopic (exact) mass is 449 g/mol. The van der Waals surface area contributed by atoms with E-state index in [1.54, 1.807) is 29.7 Å². The second-order valence-corrected chi connectivity index (χ2v) is 8.92. The Morgan fingerprint density at radius 3 is 2.69 bits per heavy atom. The second kappa shape index (κ2) is 9.53. The van der Waals surface area contributed by atoms with Gasteiger partial charge in [0.05, 0.1) is 18.4 Å². The summed E-state index contributed by atoms with van der Waals surface area (Å²) in [6.45, 7) is 6.20. The maximum absolute atomic E-state index is 12.9. The lowest BCUT2D eigenvalue weighted by Gasteiger charge is -2.13. The molecule has 0 saturated heterocycles. The average Bonchev–Trinajstić information content (AvgIpc) is 3.30. The zero-order chi connectivity index (χ0) is 22.7. The molecule has 0 spiro atoms. The number of nitrogens with one attached hydrogen (secondary N) is 1. The summed E-state index contributed by atoms with van der Waals surface area (Å²) in [6, 6.07) is 11.0. The molecule has 3 aromatic rings. The van der Waals surface area contributed by atoms with E-state index in [2.05, 4.69) is 15.1 Å². The highest BCUT2D eigenvalue weighted by molar-refractivity contribution is 7.15. The van der Waals surface area contributed by atoms with Crippen LogP contribution in [0.25, 0.3) is 5.00 Å². The van der Waals surface area contributed by atoms with E-state index in [0.29, 0.717) is 17.7 Å². The van der Waals surface area contributed by atoms with E-state index in [-0.39, 0.29) is 11.9 Å². The Balaban J connectivity index is 1.66. The quantitative estimate of drug-likeness (QED) is 0.328. The van der Waals surface area contributed by atoms with Crippen LogP contribution < -0.4 is 5.43 Å². The van der Waals surface area contributed by atoms with Crippen molar-refractivity contribution in [3.63, 3.8) is 0 Å². The highest BCUT2D eigenvalue weighted by Gasteiger charge is 2.28. The molecule has 0 aliphatic heterocycles. The summed E-state index contributed by atoms with van der Waals surface area (Å²) in [4.78, 5) is 26.4. The zero-order valence-corrected chi connectivity index (χ0v) is 19.4. The Labute approximate surface area is 191 Å². The molecule has 0 radical (unpaired) electrons. The van der Waals surface area contributed by atoms with Crippen LogP contribution in [0, 0.1) is 13.8 Å². The summed E-state index contributed by atoms with van der Waals surface area (Å²) < 4.78 is 7.52. The molecule has 7 heteroatoms. The summed E-state index contributed by atoms with van der Waals surface area (Å²) in [5, 5.41) is 5.07. The molecule has 1 N–H and O–H groups in total. The Morgan fingerprint density at radius 1 is 1.19 bits per heavy atom. The first-order valence-corrected chi connectivity index (χ1v) is 11.7. The lowest BCUT2D eigenvalue weighted by molar-refractivity contribution is 0.0525. The third-order valence-electron chi connectivity index (χ3n) is 5.71. The summed E-state index contributed by atoms with van der Waals surface area (Å²) in [6.07, 6.45) is 5.82. The van der Waals surface area contributed by atoms with Gasteiger partial charge in [-0.1, -0.05) is 18.2 Å². The molecule has 0 bridgehead atoms. The number of aryl methyl sites for hydroxylation is 2. The Bertz CT molecular complexity index is 1180. The standard InChI is InChI=1S/C25H27N3O3S/c1-4-31-25(30)22-20-12-8-9-13-21(20)32-24(22)28-16(2)14-19(17(28)3)15-26-27-23(29)18-10-6-5-7-11-18/h5-7,10-11,14-15H,4,8-9,12-13H2,1-3H3,(H,27,29)/b26-15+. The van der Waals surface area contributed by atoms with Crippen molar-refractivity contribution in [2.45, 2.75) is 46.5 Å². The minimum atomic E-state index is -0.258. The molecule has 2 heterocycles. The van der Waals surface area contributed by atoms with E-state index < -0.39 is 0 Å². The number of carbonyl (C=O) groups excluding carboxylic acids is 2. The number of ether oxygens (including phenoxy) is 1. The lowest BCUT2D eigenvalue weighted by atomic mass is 9.95. The van der Waals surface area contributed by atoms with Crippen LogP contribution in [-0.2, 0) is 17.6 Å². The number of benzene rings is 1. The Morgan fingerprint density at radius 2 is 1.94 bits per heavy atom. The van der Waals surface area contributed by atoms with Gasteiger partial charge in [-0.05, 0) is 70.2 Å². The van der Waals surface area contributed by atoms with Crippen LogP contribution in [0.4, 0.5) is 0 Å². The molecule has 2 aromatic heterocycles. The predicted octanol–water partition coefficient (Wildman–Crippen LogP) is 4.98. The molecule has 1 aliphatic rings. The number of rotatable bonds is 6. The number of amides is 1. The molecule has 166 valence electrons. The van der Waals surface area contributed by atoms with E-state index >= 15 is 0 Å². The summed E-state index contributed by atoms with van der Waals surface area (Å²) >= 11 is 1.68. The molecule has 4 rings (SSSR count). The van der Waals surface area contributed by atoms with Gasteiger partial charge in [-0.15, -0.1) is 11.3 Å². The second-order valence-electron chi connectivity index (χ2n) is 7.84. The van der Waals surface area contributed by atoms with Crippen molar-refractivity contribution in [2.24, 2.45) is 5.10 Å². The van der Waals surface area contributed by atoms with Crippen LogP contribution in [0.1, 0.15) is 67.9 Å². The van der Waals surface area contributed by atoms with Crippen LogP contribution in [0.5, 0.6) is 0 Å². The topological polar surface area (TPSA) is 72.7 Å². The summed E-state index contributed by atoms with van der Waals surface area (Å²) in [7, 11) is 0. The highest BCUT2D eigenvalue weighted by atomic mass is 32.1. The van der Waals surface area contributed by atoms with Gasteiger partial charge in [0.25, 0.3) is 5.91 Å². The van der Waals surface area contributed by atoms with Crippen LogP contribution in [-0.4, -0.2) is 29.3 Å². The van der Waals surface area contributed by atoms with Gasteiger partial charge in [0, 0.05) is 27.4 Å². The summed E-state index contributed by atoms with van der Waals surface area (Å²) in [5.41, 5.74) is 7.83. The van der Waals surface area contributed by atoms with Crippen molar-refractivity contribution in [1.82, 2.24) is 9.99 Å². The fourth-order valence-electron chi connectivity index (χ4n) is 4.17. The minimum absolute atomic E-state index is 0.250. The van der Waals surface area contributed by atoms with Crippen LogP contribution >= 0.6 is 11.3 Å². The molecular formula is C25H27N3O3S. The number of carbonyl (C=O) groups is 2. The van der Waals surface area contributed by atoms with Crippen molar-refractivity contribution in [3.05, 3.63) is 74.9 Å². The van der Waals surface area contributed by atoms with E-state index in [0.717, 1.165) is 53.2 Å². The fraction of sp³-hybridized carbons (Fsp3) is 0.320. The average molecular weight is 450 g/mol. The van der Waals surface area contributed by atoms with Crippen LogP contribution in [0.3, 0.4) is 0 Å².